The topological polar surface area (TPSA) is 66.5 Å². The SMILES string of the molecule is CC(C)(C)c1cc([C@H](N)C(F)(F)CO)c(O)c(C(C)(C)C)c1. The zero-order valence-corrected chi connectivity index (χ0v) is 14.2. The third kappa shape index (κ3) is 3.76. The predicted molar refractivity (Wildman–Crippen MR) is 84.5 cm³/mol. The van der Waals surface area contributed by atoms with Gasteiger partial charge in [0.1, 0.15) is 18.4 Å². The van der Waals surface area contributed by atoms with E-state index in [-0.39, 0.29) is 16.7 Å². The second-order valence-corrected chi connectivity index (χ2v) is 7.86. The summed E-state index contributed by atoms with van der Waals surface area (Å²) in [5, 5.41) is 19.3. The van der Waals surface area contributed by atoms with Gasteiger partial charge >= 0.3 is 0 Å². The zero-order valence-electron chi connectivity index (χ0n) is 14.2. The molecule has 4 N–H and O–H groups in total. The van der Waals surface area contributed by atoms with Crippen LogP contribution in [0.5, 0.6) is 5.75 Å². The molecule has 0 spiro atoms. The second kappa shape index (κ2) is 5.78. The lowest BCUT2D eigenvalue weighted by Crippen LogP contribution is -2.36. The molecule has 0 amide bonds. The standard InChI is InChI=1S/C17H27F2NO2/c1-15(2,3)10-7-11(14(20)17(18,19)9-21)13(22)12(8-10)16(4,5)6/h7-8,14,21-22H,9,20H2,1-6H3/t14-/m0/s1. The number of alkyl halides is 2. The number of halogens is 2. The number of rotatable bonds is 3. The third-order valence-corrected chi connectivity index (χ3v) is 3.81. The Kier molecular flexibility index (Phi) is 4.95. The number of benzene rings is 1. The molecule has 0 aliphatic rings. The van der Waals surface area contributed by atoms with Crippen LogP contribution in [-0.2, 0) is 10.8 Å². The molecule has 0 unspecified atom stereocenters. The monoisotopic (exact) mass is 315 g/mol. The van der Waals surface area contributed by atoms with Gasteiger partial charge in [0.15, 0.2) is 0 Å². The summed E-state index contributed by atoms with van der Waals surface area (Å²) in [7, 11) is 0. The number of hydrogen-bond donors (Lipinski definition) is 3. The van der Waals surface area contributed by atoms with Gasteiger partial charge in [-0.2, -0.15) is 0 Å². The number of aliphatic hydroxyl groups excluding tert-OH is 1. The van der Waals surface area contributed by atoms with Gasteiger partial charge in [-0.05, 0) is 28.0 Å². The van der Waals surface area contributed by atoms with Crippen LogP contribution in [0, 0.1) is 0 Å². The van der Waals surface area contributed by atoms with Crippen molar-refractivity contribution >= 4 is 0 Å². The lowest BCUT2D eigenvalue weighted by atomic mass is 9.77. The van der Waals surface area contributed by atoms with Crippen LogP contribution in [0.2, 0.25) is 0 Å². The van der Waals surface area contributed by atoms with E-state index in [0.717, 1.165) is 5.56 Å². The van der Waals surface area contributed by atoms with Gasteiger partial charge in [0, 0.05) is 5.56 Å². The first-order valence-electron chi connectivity index (χ1n) is 7.34. The molecule has 1 aromatic carbocycles. The minimum absolute atomic E-state index is 0.0311. The predicted octanol–water partition coefficient (Wildman–Crippen LogP) is 3.61. The van der Waals surface area contributed by atoms with Crippen LogP contribution >= 0.6 is 0 Å². The number of aliphatic hydroxyl groups is 1. The van der Waals surface area contributed by atoms with Crippen LogP contribution in [0.1, 0.15) is 64.3 Å². The van der Waals surface area contributed by atoms with E-state index in [1.807, 2.05) is 47.6 Å². The van der Waals surface area contributed by atoms with Gasteiger partial charge in [0.05, 0.1) is 0 Å². The van der Waals surface area contributed by atoms with E-state index in [1.165, 1.54) is 6.07 Å². The smallest absolute Gasteiger partial charge is 0.289 e. The average molecular weight is 315 g/mol. The van der Waals surface area contributed by atoms with Gasteiger partial charge in [0.2, 0.25) is 0 Å². The minimum Gasteiger partial charge on any atom is -0.507 e. The Labute approximate surface area is 131 Å². The molecule has 0 saturated carbocycles. The van der Waals surface area contributed by atoms with Crippen LogP contribution in [-0.4, -0.2) is 22.7 Å². The molecule has 0 heterocycles. The normalized spacial score (nSPS) is 15.0. The highest BCUT2D eigenvalue weighted by Crippen LogP contribution is 2.42. The lowest BCUT2D eigenvalue weighted by molar-refractivity contribution is -0.0716. The van der Waals surface area contributed by atoms with Crippen LogP contribution < -0.4 is 5.73 Å². The zero-order chi connectivity index (χ0) is 17.5. The molecule has 0 fully saturated rings. The summed E-state index contributed by atoms with van der Waals surface area (Å²) < 4.78 is 27.6. The first-order valence-corrected chi connectivity index (χ1v) is 7.34. The maximum Gasteiger partial charge on any atom is 0.289 e. The van der Waals surface area contributed by atoms with E-state index >= 15 is 0 Å². The fourth-order valence-electron chi connectivity index (χ4n) is 2.22. The molecule has 0 radical (unpaired) electrons. The molecule has 0 bridgehead atoms. The number of nitrogens with two attached hydrogens (primary N) is 1. The van der Waals surface area contributed by atoms with Gasteiger partial charge in [-0.1, -0.05) is 47.6 Å². The van der Waals surface area contributed by atoms with Gasteiger partial charge in [-0.15, -0.1) is 0 Å². The van der Waals surface area contributed by atoms with E-state index < -0.39 is 24.0 Å². The average Bonchev–Trinajstić information content (AvgIpc) is 2.35. The highest BCUT2D eigenvalue weighted by Gasteiger charge is 2.40. The summed E-state index contributed by atoms with van der Waals surface area (Å²) >= 11 is 0. The fourth-order valence-corrected chi connectivity index (χ4v) is 2.22. The quantitative estimate of drug-likeness (QED) is 0.798. The molecular formula is C17H27F2NO2. The van der Waals surface area contributed by atoms with E-state index in [9.17, 15) is 13.9 Å². The van der Waals surface area contributed by atoms with Crippen molar-refractivity contribution in [1.82, 2.24) is 0 Å². The third-order valence-electron chi connectivity index (χ3n) is 3.81. The van der Waals surface area contributed by atoms with E-state index in [1.54, 1.807) is 0 Å². The molecule has 0 aliphatic heterocycles. The van der Waals surface area contributed by atoms with Crippen LogP contribution in [0.4, 0.5) is 8.78 Å². The maximum atomic E-state index is 13.8. The minimum atomic E-state index is -3.50. The summed E-state index contributed by atoms with van der Waals surface area (Å²) in [6.07, 6.45) is 0. The summed E-state index contributed by atoms with van der Waals surface area (Å²) in [6.45, 7) is 10.2. The van der Waals surface area contributed by atoms with Crippen molar-refractivity contribution in [1.29, 1.82) is 0 Å². The van der Waals surface area contributed by atoms with Crippen LogP contribution in [0.15, 0.2) is 12.1 Å². The highest BCUT2D eigenvalue weighted by molar-refractivity contribution is 5.50. The lowest BCUT2D eigenvalue weighted by Gasteiger charge is -2.30. The Morgan fingerprint density at radius 2 is 1.55 bits per heavy atom. The van der Waals surface area contributed by atoms with Gasteiger partial charge in [-0.3, -0.25) is 0 Å². The molecule has 126 valence electrons. The van der Waals surface area contributed by atoms with Crippen molar-refractivity contribution in [3.05, 3.63) is 28.8 Å². The number of hydrogen-bond acceptors (Lipinski definition) is 3. The summed E-state index contributed by atoms with van der Waals surface area (Å²) in [5.41, 5.74) is 6.29. The van der Waals surface area contributed by atoms with Crippen molar-refractivity contribution in [2.24, 2.45) is 5.73 Å². The summed E-state index contributed by atoms with van der Waals surface area (Å²) in [5.74, 6) is -3.72. The molecule has 0 aliphatic carbocycles. The first-order chi connectivity index (χ1) is 9.71. The Morgan fingerprint density at radius 1 is 1.05 bits per heavy atom. The van der Waals surface area contributed by atoms with Gasteiger partial charge in [-0.25, -0.2) is 8.78 Å². The number of aromatic hydroxyl groups is 1. The van der Waals surface area contributed by atoms with Crippen LogP contribution in [0.3, 0.4) is 0 Å². The fraction of sp³-hybridized carbons (Fsp3) is 0.647. The molecule has 3 nitrogen and oxygen atoms in total. The summed E-state index contributed by atoms with van der Waals surface area (Å²) in [6, 6.07) is 1.59. The van der Waals surface area contributed by atoms with E-state index in [0.29, 0.717) is 5.56 Å². The number of phenolic OH excluding ortho intramolecular Hbond substituents is 1. The van der Waals surface area contributed by atoms with Crippen LogP contribution in [0.25, 0.3) is 0 Å². The van der Waals surface area contributed by atoms with Crippen molar-refractivity contribution in [2.75, 3.05) is 6.61 Å². The Hall–Kier alpha value is -1.20. The van der Waals surface area contributed by atoms with Crippen molar-refractivity contribution in [2.45, 2.75) is 64.3 Å². The molecule has 0 saturated heterocycles. The van der Waals surface area contributed by atoms with E-state index in [2.05, 4.69) is 0 Å². The maximum absolute atomic E-state index is 13.8. The van der Waals surface area contributed by atoms with Crippen molar-refractivity contribution in [3.63, 3.8) is 0 Å². The summed E-state index contributed by atoms with van der Waals surface area (Å²) in [4.78, 5) is 0. The molecule has 0 aromatic heterocycles. The van der Waals surface area contributed by atoms with E-state index in [4.69, 9.17) is 10.8 Å². The Morgan fingerprint density at radius 3 is 1.91 bits per heavy atom. The second-order valence-electron chi connectivity index (χ2n) is 7.86. The molecule has 1 aromatic rings. The molecule has 5 heteroatoms. The largest absolute Gasteiger partial charge is 0.507 e. The Bertz CT molecular complexity index is 543. The first kappa shape index (κ1) is 18.8. The molecule has 22 heavy (non-hydrogen) atoms. The van der Waals surface area contributed by atoms with Crippen molar-refractivity contribution < 1.29 is 19.0 Å². The molecule has 1 rings (SSSR count). The number of phenols is 1. The molecule has 1 atom stereocenters. The highest BCUT2D eigenvalue weighted by atomic mass is 19.3. The molecular weight excluding hydrogens is 288 g/mol. The van der Waals surface area contributed by atoms with Crippen molar-refractivity contribution in [3.8, 4) is 5.75 Å². The van der Waals surface area contributed by atoms with Gasteiger partial charge < -0.3 is 15.9 Å². The Balaban J connectivity index is 3.64. The van der Waals surface area contributed by atoms with Gasteiger partial charge in [0.25, 0.3) is 5.92 Å².